The molecule has 1 aliphatic carbocycles. The van der Waals surface area contributed by atoms with E-state index in [9.17, 15) is 0 Å². The first kappa shape index (κ1) is 23.4. The smallest absolute Gasteiger partial charge is 0.218 e. The normalized spacial score (nSPS) is 14.6. The number of aliphatic imine (C=N–C) groups is 1. The van der Waals surface area contributed by atoms with Crippen LogP contribution in [0.1, 0.15) is 30.9 Å². The minimum Gasteiger partial charge on any atom is -0.475 e. The predicted octanol–water partition coefficient (Wildman–Crippen LogP) is 3.51. The molecule has 0 spiro atoms. The number of nitrogens with one attached hydrogen (secondary N) is 2. The number of rotatable bonds is 10. The van der Waals surface area contributed by atoms with Gasteiger partial charge in [-0.15, -0.1) is 24.0 Å². The van der Waals surface area contributed by atoms with Crippen molar-refractivity contribution in [3.05, 3.63) is 59.8 Å². The van der Waals surface area contributed by atoms with Crippen LogP contribution in [-0.4, -0.2) is 44.4 Å². The number of pyridine rings is 1. The lowest BCUT2D eigenvalue weighted by molar-refractivity contribution is 0.143. The van der Waals surface area contributed by atoms with Gasteiger partial charge >= 0.3 is 0 Å². The van der Waals surface area contributed by atoms with Crippen molar-refractivity contribution in [1.29, 1.82) is 0 Å². The van der Waals surface area contributed by atoms with Gasteiger partial charge in [0.05, 0.1) is 13.2 Å². The molecule has 0 saturated heterocycles. The first-order valence-corrected chi connectivity index (χ1v) is 9.91. The number of hydrogen-bond acceptors (Lipinski definition) is 4. The van der Waals surface area contributed by atoms with Gasteiger partial charge in [-0.25, -0.2) is 9.98 Å². The van der Waals surface area contributed by atoms with Crippen LogP contribution in [0.5, 0.6) is 5.88 Å². The van der Waals surface area contributed by atoms with E-state index >= 15 is 0 Å². The highest BCUT2D eigenvalue weighted by Crippen LogP contribution is 2.47. The predicted molar refractivity (Wildman–Crippen MR) is 127 cm³/mol. The van der Waals surface area contributed by atoms with Crippen molar-refractivity contribution in [2.24, 2.45) is 4.99 Å². The Morgan fingerprint density at radius 2 is 1.90 bits per heavy atom. The maximum atomic E-state index is 5.71. The third-order valence-corrected chi connectivity index (χ3v) is 4.96. The van der Waals surface area contributed by atoms with Crippen LogP contribution in [-0.2, 0) is 16.7 Å². The second-order valence-electron chi connectivity index (χ2n) is 7.00. The quantitative estimate of drug-likeness (QED) is 0.222. The molecule has 0 bridgehead atoms. The van der Waals surface area contributed by atoms with Crippen molar-refractivity contribution < 1.29 is 9.47 Å². The third-order valence-electron chi connectivity index (χ3n) is 4.96. The molecule has 158 valence electrons. The lowest BCUT2D eigenvalue weighted by Gasteiger charge is -2.19. The zero-order valence-electron chi connectivity index (χ0n) is 17.2. The van der Waals surface area contributed by atoms with E-state index in [2.05, 4.69) is 52.9 Å². The summed E-state index contributed by atoms with van der Waals surface area (Å²) >= 11 is 0. The van der Waals surface area contributed by atoms with Crippen molar-refractivity contribution in [3.63, 3.8) is 0 Å². The monoisotopic (exact) mass is 510 g/mol. The van der Waals surface area contributed by atoms with Crippen molar-refractivity contribution in [2.45, 2.75) is 31.7 Å². The van der Waals surface area contributed by atoms with Gasteiger partial charge in [0.2, 0.25) is 5.88 Å². The molecule has 7 heteroatoms. The summed E-state index contributed by atoms with van der Waals surface area (Å²) in [6, 6.07) is 14.6. The molecule has 0 amide bonds. The Balaban J connectivity index is 0.00000300. The van der Waals surface area contributed by atoms with Gasteiger partial charge < -0.3 is 20.1 Å². The van der Waals surface area contributed by atoms with Crippen molar-refractivity contribution >= 4 is 29.9 Å². The minimum absolute atomic E-state index is 0. The molecule has 0 unspecified atom stereocenters. The maximum Gasteiger partial charge on any atom is 0.218 e. The van der Waals surface area contributed by atoms with E-state index in [4.69, 9.17) is 14.5 Å². The molecule has 0 atom stereocenters. The van der Waals surface area contributed by atoms with Gasteiger partial charge in [-0.3, -0.25) is 0 Å². The molecule has 1 saturated carbocycles. The average Bonchev–Trinajstić information content (AvgIpc) is 3.53. The van der Waals surface area contributed by atoms with Crippen molar-refractivity contribution in [3.8, 4) is 5.88 Å². The summed E-state index contributed by atoms with van der Waals surface area (Å²) in [5.41, 5.74) is 2.60. The Hall–Kier alpha value is -1.87. The molecule has 1 aromatic heterocycles. The fourth-order valence-corrected chi connectivity index (χ4v) is 3.17. The Bertz CT molecular complexity index is 766. The minimum atomic E-state index is 0. The summed E-state index contributed by atoms with van der Waals surface area (Å²) in [5, 5.41) is 6.86. The van der Waals surface area contributed by atoms with Gasteiger partial charge in [0, 0.05) is 37.4 Å². The summed E-state index contributed by atoms with van der Waals surface area (Å²) < 4.78 is 10.7. The SMILES string of the molecule is CCNC(=NCc1cccnc1OCCOC)NCC1(c2ccccc2)CC1.I. The van der Waals surface area contributed by atoms with E-state index < -0.39 is 0 Å². The second-order valence-corrected chi connectivity index (χ2v) is 7.00. The van der Waals surface area contributed by atoms with Gasteiger partial charge in [0.25, 0.3) is 0 Å². The van der Waals surface area contributed by atoms with E-state index in [1.165, 1.54) is 18.4 Å². The van der Waals surface area contributed by atoms with Crippen molar-refractivity contribution in [1.82, 2.24) is 15.6 Å². The highest BCUT2D eigenvalue weighted by atomic mass is 127. The first-order valence-electron chi connectivity index (χ1n) is 9.91. The Kier molecular flexibility index (Phi) is 9.66. The topological polar surface area (TPSA) is 67.8 Å². The van der Waals surface area contributed by atoms with Crippen LogP contribution in [0.3, 0.4) is 0 Å². The molecular formula is C22H31IN4O2. The van der Waals surface area contributed by atoms with Crippen LogP contribution in [0.2, 0.25) is 0 Å². The molecule has 0 aliphatic heterocycles. The number of ether oxygens (including phenoxy) is 2. The number of aromatic nitrogens is 1. The molecule has 2 N–H and O–H groups in total. The van der Waals surface area contributed by atoms with Gasteiger partial charge in [-0.1, -0.05) is 36.4 Å². The lowest BCUT2D eigenvalue weighted by atomic mass is 9.96. The molecule has 1 fully saturated rings. The number of guanidine groups is 1. The fraction of sp³-hybridized carbons (Fsp3) is 0.455. The molecule has 29 heavy (non-hydrogen) atoms. The highest BCUT2D eigenvalue weighted by molar-refractivity contribution is 14.0. The van der Waals surface area contributed by atoms with Gasteiger partial charge in [-0.05, 0) is 31.4 Å². The lowest BCUT2D eigenvalue weighted by Crippen LogP contribution is -2.41. The molecule has 0 radical (unpaired) electrons. The standard InChI is InChI=1S/C22H30N4O2.HI/c1-3-23-21(26-17-22(11-12-22)19-9-5-4-6-10-19)25-16-18-8-7-13-24-20(18)28-15-14-27-2;/h4-10,13H,3,11-12,14-17H2,1-2H3,(H2,23,25,26);1H. The number of nitrogens with zero attached hydrogens (tertiary/aromatic N) is 2. The largest absolute Gasteiger partial charge is 0.475 e. The zero-order valence-corrected chi connectivity index (χ0v) is 19.5. The summed E-state index contributed by atoms with van der Waals surface area (Å²) in [5.74, 6) is 1.43. The average molecular weight is 510 g/mol. The van der Waals surface area contributed by atoms with Gasteiger partial charge in [0.1, 0.15) is 6.61 Å². The Labute approximate surface area is 190 Å². The van der Waals surface area contributed by atoms with E-state index in [1.54, 1.807) is 13.3 Å². The van der Waals surface area contributed by atoms with Crippen LogP contribution in [0.4, 0.5) is 0 Å². The zero-order chi connectivity index (χ0) is 19.7. The maximum absolute atomic E-state index is 5.71. The third kappa shape index (κ3) is 6.85. The van der Waals surface area contributed by atoms with Gasteiger partial charge in [0.15, 0.2) is 5.96 Å². The van der Waals surface area contributed by atoms with E-state index in [-0.39, 0.29) is 29.4 Å². The fourth-order valence-electron chi connectivity index (χ4n) is 3.17. The van der Waals surface area contributed by atoms with Crippen LogP contribution in [0.15, 0.2) is 53.7 Å². The van der Waals surface area contributed by atoms with Crippen LogP contribution >= 0.6 is 24.0 Å². The number of methoxy groups -OCH3 is 1. The summed E-state index contributed by atoms with van der Waals surface area (Å²) in [4.78, 5) is 9.06. The number of halogens is 1. The molecular weight excluding hydrogens is 479 g/mol. The van der Waals surface area contributed by atoms with E-state index in [0.29, 0.717) is 25.6 Å². The molecule has 3 rings (SSSR count). The van der Waals surface area contributed by atoms with Crippen LogP contribution in [0.25, 0.3) is 0 Å². The van der Waals surface area contributed by atoms with Crippen molar-refractivity contribution in [2.75, 3.05) is 33.4 Å². The molecule has 6 nitrogen and oxygen atoms in total. The Morgan fingerprint density at radius 1 is 1.10 bits per heavy atom. The first-order chi connectivity index (χ1) is 13.8. The Morgan fingerprint density at radius 3 is 2.59 bits per heavy atom. The van der Waals surface area contributed by atoms with Crippen LogP contribution in [0, 0.1) is 0 Å². The second kappa shape index (κ2) is 12.0. The highest BCUT2D eigenvalue weighted by Gasteiger charge is 2.43. The summed E-state index contributed by atoms with van der Waals surface area (Å²) in [7, 11) is 1.66. The molecule has 1 aromatic carbocycles. The molecule has 1 heterocycles. The van der Waals surface area contributed by atoms with Gasteiger partial charge in [-0.2, -0.15) is 0 Å². The van der Waals surface area contributed by atoms with Crippen LogP contribution < -0.4 is 15.4 Å². The summed E-state index contributed by atoms with van der Waals surface area (Å²) in [6.07, 6.45) is 4.16. The van der Waals surface area contributed by atoms with E-state index in [0.717, 1.165) is 24.6 Å². The van der Waals surface area contributed by atoms with E-state index in [1.807, 2.05) is 12.1 Å². The summed E-state index contributed by atoms with van der Waals surface area (Å²) in [6.45, 7) is 5.28. The molecule has 1 aliphatic rings. The number of hydrogen-bond donors (Lipinski definition) is 2. The number of benzene rings is 1. The molecule has 2 aromatic rings.